The summed E-state index contributed by atoms with van der Waals surface area (Å²) in [6.45, 7) is 0.835. The van der Waals surface area contributed by atoms with Gasteiger partial charge in [-0.1, -0.05) is 24.3 Å². The van der Waals surface area contributed by atoms with Gasteiger partial charge in [0.05, 0.1) is 35.9 Å². The van der Waals surface area contributed by atoms with Crippen LogP contribution in [0.4, 0.5) is 49.6 Å². The van der Waals surface area contributed by atoms with Crippen LogP contribution in [0.3, 0.4) is 0 Å². The van der Waals surface area contributed by atoms with Crippen LogP contribution in [0.5, 0.6) is 0 Å². The van der Waals surface area contributed by atoms with Gasteiger partial charge in [-0.15, -0.1) is 5.10 Å². The lowest BCUT2D eigenvalue weighted by Gasteiger charge is -2.51. The standard InChI is InChI=1S/C46H46F5N11O4/c1-52-34-21-38(57-62-37(23-54-41(34)62)42(64)55-33-20-31(33)47)60-14-9-29-28(3-2-4-35(29)60)32-8-5-26(22-53-32)24-58-16-11-45(46(50,51)25-58)12-17-59(18-13-45)43(65)27-6-7-30(40(48)49)36(19-27)61-15-10-39(63)56-44(61)66/h2-8,19,21-23,31,33,40,52H,9-18,20,24-25H2,1H3,(H,55,64)(H,56,63,66)/t31-,33?/m0/s1. The number of hydrogen-bond donors (Lipinski definition) is 3. The lowest BCUT2D eigenvalue weighted by molar-refractivity contribution is -0.186. The molecule has 0 bridgehead atoms. The molecular weight excluding hydrogens is 866 g/mol. The van der Waals surface area contributed by atoms with E-state index in [2.05, 4.69) is 25.8 Å². The van der Waals surface area contributed by atoms with Crippen LogP contribution in [0.2, 0.25) is 0 Å². The number of piperidine rings is 2. The van der Waals surface area contributed by atoms with E-state index in [1.807, 2.05) is 36.4 Å². The van der Waals surface area contributed by atoms with Gasteiger partial charge in [-0.05, 0) is 67.6 Å². The molecule has 20 heteroatoms. The van der Waals surface area contributed by atoms with Crippen LogP contribution in [-0.2, 0) is 17.8 Å². The molecule has 7 heterocycles. The number of pyridine rings is 1. The van der Waals surface area contributed by atoms with Gasteiger partial charge in [0.25, 0.3) is 24.2 Å². The van der Waals surface area contributed by atoms with Crippen molar-refractivity contribution in [3.8, 4) is 11.3 Å². The second-order valence-corrected chi connectivity index (χ2v) is 17.7. The number of amides is 5. The zero-order chi connectivity index (χ0) is 46.1. The predicted molar refractivity (Wildman–Crippen MR) is 233 cm³/mol. The fourth-order valence-electron chi connectivity index (χ4n) is 9.87. The van der Waals surface area contributed by atoms with Crippen LogP contribution in [0.15, 0.2) is 67.0 Å². The van der Waals surface area contributed by atoms with E-state index in [1.165, 1.54) is 27.7 Å². The first-order valence-corrected chi connectivity index (χ1v) is 22.0. The Balaban J connectivity index is 0.785. The van der Waals surface area contributed by atoms with Crippen LogP contribution in [-0.4, -0.2) is 118 Å². The van der Waals surface area contributed by atoms with E-state index in [9.17, 15) is 32.3 Å². The van der Waals surface area contributed by atoms with Gasteiger partial charge < -0.3 is 20.4 Å². The van der Waals surface area contributed by atoms with Gasteiger partial charge in [0.15, 0.2) is 17.2 Å². The molecule has 3 saturated heterocycles. The zero-order valence-corrected chi connectivity index (χ0v) is 35.9. The van der Waals surface area contributed by atoms with Gasteiger partial charge in [0.2, 0.25) is 5.91 Å². The molecule has 344 valence electrons. The molecule has 5 aromatic rings. The molecule has 4 aliphatic heterocycles. The Kier molecular flexibility index (Phi) is 10.9. The number of nitrogens with zero attached hydrogens (tertiary/aromatic N) is 8. The quantitative estimate of drug-likeness (QED) is 0.132. The van der Waals surface area contributed by atoms with E-state index in [0.717, 1.165) is 39.0 Å². The summed E-state index contributed by atoms with van der Waals surface area (Å²) in [5, 5.41) is 12.8. The molecule has 0 radical (unpaired) electrons. The minimum Gasteiger partial charge on any atom is -0.385 e. The number of imide groups is 1. The van der Waals surface area contributed by atoms with Crippen molar-refractivity contribution in [2.24, 2.45) is 5.41 Å². The van der Waals surface area contributed by atoms with Gasteiger partial charge in [-0.3, -0.25) is 34.5 Å². The summed E-state index contributed by atoms with van der Waals surface area (Å²) in [5.74, 6) is -3.95. The molecule has 1 aliphatic carbocycles. The SMILES string of the molecule is CNc1cc(N2CCc3c(-c4ccc(CN5CCC6(CCN(C(=O)c7ccc(C(F)F)c(N8CCC(=O)NC8=O)c7)CC6)C(F)(F)C5)cn4)cccc32)nn2c(C(=O)NC3C[C@@H]3F)cnc12. The first-order chi connectivity index (χ1) is 31.7. The molecule has 2 aromatic carbocycles. The maximum atomic E-state index is 16.2. The van der Waals surface area contributed by atoms with E-state index in [1.54, 1.807) is 18.1 Å². The van der Waals surface area contributed by atoms with Crippen molar-refractivity contribution in [3.05, 3.63) is 94.9 Å². The maximum absolute atomic E-state index is 16.2. The molecular formula is C46H46F5N11O4. The van der Waals surface area contributed by atoms with Crippen molar-refractivity contribution >= 4 is 52.3 Å². The number of aromatic nitrogens is 4. The second kappa shape index (κ2) is 16.6. The van der Waals surface area contributed by atoms with Gasteiger partial charge in [-0.25, -0.2) is 36.2 Å². The minimum atomic E-state index is -3.05. The normalized spacial score (nSPS) is 21.3. The van der Waals surface area contributed by atoms with Crippen molar-refractivity contribution in [1.82, 2.24) is 40.0 Å². The number of urea groups is 1. The summed E-state index contributed by atoms with van der Waals surface area (Å²) in [5.41, 5.74) is 3.86. The fraction of sp³-hybridized carbons (Fsp3) is 0.413. The van der Waals surface area contributed by atoms with Crippen molar-refractivity contribution in [3.63, 3.8) is 0 Å². The number of halogens is 5. The van der Waals surface area contributed by atoms with Crippen LogP contribution < -0.4 is 25.8 Å². The number of carbonyl (C=O) groups excluding carboxylic acids is 4. The molecule has 15 nitrogen and oxygen atoms in total. The van der Waals surface area contributed by atoms with E-state index in [0.29, 0.717) is 36.7 Å². The molecule has 5 aliphatic rings. The molecule has 5 amide bonds. The number of likely N-dealkylation sites (tertiary alicyclic amines) is 2. The number of benzene rings is 2. The van der Waals surface area contributed by atoms with Gasteiger partial charge in [0.1, 0.15) is 6.17 Å². The van der Waals surface area contributed by atoms with Crippen molar-refractivity contribution in [1.29, 1.82) is 0 Å². The summed E-state index contributed by atoms with van der Waals surface area (Å²) in [7, 11) is 1.76. The zero-order valence-electron chi connectivity index (χ0n) is 35.9. The van der Waals surface area contributed by atoms with Gasteiger partial charge >= 0.3 is 6.03 Å². The van der Waals surface area contributed by atoms with Crippen molar-refractivity contribution in [2.45, 2.75) is 69.6 Å². The largest absolute Gasteiger partial charge is 0.385 e. The number of anilines is 4. The number of carbonyl (C=O) groups is 4. The van der Waals surface area contributed by atoms with E-state index in [4.69, 9.17) is 10.1 Å². The molecule has 1 unspecified atom stereocenters. The molecule has 3 N–H and O–H groups in total. The number of alkyl halides is 5. The average molecular weight is 912 g/mol. The summed E-state index contributed by atoms with van der Waals surface area (Å²) in [6, 6.07) is 13.8. The number of imidazole rings is 1. The Hall–Kier alpha value is -6.70. The molecule has 10 rings (SSSR count). The molecule has 4 fully saturated rings. The highest BCUT2D eigenvalue weighted by Gasteiger charge is 2.57. The highest BCUT2D eigenvalue weighted by Crippen LogP contribution is 2.51. The second-order valence-electron chi connectivity index (χ2n) is 17.7. The Labute approximate surface area is 375 Å². The monoisotopic (exact) mass is 911 g/mol. The highest BCUT2D eigenvalue weighted by molar-refractivity contribution is 6.07. The Morgan fingerprint density at radius 2 is 1.68 bits per heavy atom. The predicted octanol–water partition coefficient (Wildman–Crippen LogP) is 6.51. The number of nitrogens with one attached hydrogen (secondary N) is 3. The van der Waals surface area contributed by atoms with Crippen LogP contribution in [0.1, 0.15) is 76.1 Å². The third-order valence-corrected chi connectivity index (χ3v) is 13.8. The fourth-order valence-corrected chi connectivity index (χ4v) is 9.87. The Bertz CT molecular complexity index is 2760. The number of hydrogen-bond acceptors (Lipinski definition) is 10. The lowest BCUT2D eigenvalue weighted by Crippen LogP contribution is -2.59. The first kappa shape index (κ1) is 43.2. The van der Waals surface area contributed by atoms with Crippen LogP contribution >= 0.6 is 0 Å². The first-order valence-electron chi connectivity index (χ1n) is 22.0. The van der Waals surface area contributed by atoms with Crippen LogP contribution in [0, 0.1) is 5.41 Å². The van der Waals surface area contributed by atoms with Crippen molar-refractivity contribution in [2.75, 3.05) is 61.4 Å². The minimum absolute atomic E-state index is 0.0467. The number of rotatable bonds is 10. The average Bonchev–Trinajstić information content (AvgIpc) is 3.62. The molecule has 3 aromatic heterocycles. The van der Waals surface area contributed by atoms with E-state index < -0.39 is 65.8 Å². The van der Waals surface area contributed by atoms with E-state index >= 15 is 8.78 Å². The smallest absolute Gasteiger partial charge is 0.328 e. The topological polar surface area (TPSA) is 160 Å². The van der Waals surface area contributed by atoms with E-state index in [-0.39, 0.29) is 75.2 Å². The highest BCUT2D eigenvalue weighted by atomic mass is 19.3. The lowest BCUT2D eigenvalue weighted by atomic mass is 9.68. The maximum Gasteiger partial charge on any atom is 0.328 e. The molecule has 2 atom stereocenters. The summed E-state index contributed by atoms with van der Waals surface area (Å²) >= 11 is 0. The summed E-state index contributed by atoms with van der Waals surface area (Å²) in [4.78, 5) is 66.3. The van der Waals surface area contributed by atoms with Gasteiger partial charge in [-0.2, -0.15) is 0 Å². The van der Waals surface area contributed by atoms with Gasteiger partial charge in [0, 0.05) is 92.7 Å². The third kappa shape index (κ3) is 7.73. The molecule has 1 spiro atoms. The summed E-state index contributed by atoms with van der Waals surface area (Å²) < 4.78 is 75.4. The molecule has 1 saturated carbocycles. The number of fused-ring (bicyclic) bond motifs is 2. The van der Waals surface area contributed by atoms with Crippen molar-refractivity contribution < 1.29 is 41.1 Å². The third-order valence-electron chi connectivity index (χ3n) is 13.8. The Morgan fingerprint density at radius 1 is 0.909 bits per heavy atom. The van der Waals surface area contributed by atoms with Crippen LogP contribution in [0.25, 0.3) is 16.9 Å². The molecule has 66 heavy (non-hydrogen) atoms. The Morgan fingerprint density at radius 3 is 2.38 bits per heavy atom. The summed E-state index contributed by atoms with van der Waals surface area (Å²) in [6.07, 6.45) is 0.408.